The molecule has 1 amide bonds. The Bertz CT molecular complexity index is 936. The SMILES string of the molecule is CCN(CC)C(=O)n1cc(/C=C/c2cccc(OC)c2)c2ccccc21. The maximum Gasteiger partial charge on any atom is 0.328 e. The molecule has 2 aromatic carbocycles. The zero-order valence-electron chi connectivity index (χ0n) is 15.5. The second-order valence-corrected chi connectivity index (χ2v) is 6.04. The van der Waals surface area contributed by atoms with Gasteiger partial charge in [-0.1, -0.05) is 42.5 Å². The summed E-state index contributed by atoms with van der Waals surface area (Å²) in [4.78, 5) is 14.7. The van der Waals surface area contributed by atoms with Gasteiger partial charge in [-0.25, -0.2) is 4.79 Å². The highest BCUT2D eigenvalue weighted by atomic mass is 16.5. The van der Waals surface area contributed by atoms with E-state index in [1.165, 1.54) is 0 Å². The van der Waals surface area contributed by atoms with E-state index >= 15 is 0 Å². The molecule has 0 bridgehead atoms. The highest BCUT2D eigenvalue weighted by Crippen LogP contribution is 2.24. The van der Waals surface area contributed by atoms with Crippen LogP contribution in [-0.4, -0.2) is 35.7 Å². The number of benzene rings is 2. The first kappa shape index (κ1) is 17.8. The second-order valence-electron chi connectivity index (χ2n) is 6.04. The first-order valence-electron chi connectivity index (χ1n) is 8.89. The van der Waals surface area contributed by atoms with Gasteiger partial charge < -0.3 is 9.64 Å². The summed E-state index contributed by atoms with van der Waals surface area (Å²) in [6.07, 6.45) is 6.00. The largest absolute Gasteiger partial charge is 0.497 e. The molecule has 26 heavy (non-hydrogen) atoms. The van der Waals surface area contributed by atoms with Crippen molar-refractivity contribution in [2.75, 3.05) is 20.2 Å². The number of para-hydroxylation sites is 1. The van der Waals surface area contributed by atoms with E-state index in [9.17, 15) is 4.79 Å². The summed E-state index contributed by atoms with van der Waals surface area (Å²) in [5, 5.41) is 1.06. The standard InChI is InChI=1S/C22H24N2O2/c1-4-23(5-2)22(25)24-16-18(20-11-6-7-12-21(20)24)14-13-17-9-8-10-19(15-17)26-3/h6-16H,4-5H2,1-3H3/b14-13+. The van der Waals surface area contributed by atoms with E-state index in [1.807, 2.05) is 85.6 Å². The van der Waals surface area contributed by atoms with Crippen LogP contribution < -0.4 is 4.74 Å². The zero-order valence-corrected chi connectivity index (χ0v) is 15.5. The van der Waals surface area contributed by atoms with E-state index < -0.39 is 0 Å². The van der Waals surface area contributed by atoms with Crippen molar-refractivity contribution in [3.05, 3.63) is 65.9 Å². The van der Waals surface area contributed by atoms with Crippen molar-refractivity contribution in [1.29, 1.82) is 0 Å². The molecule has 1 heterocycles. The Morgan fingerprint density at radius 2 is 1.85 bits per heavy atom. The molecule has 3 rings (SSSR count). The van der Waals surface area contributed by atoms with E-state index in [4.69, 9.17) is 4.74 Å². The van der Waals surface area contributed by atoms with Gasteiger partial charge in [0.15, 0.2) is 0 Å². The Labute approximate surface area is 154 Å². The van der Waals surface area contributed by atoms with Gasteiger partial charge in [-0.2, -0.15) is 0 Å². The number of nitrogens with zero attached hydrogens (tertiary/aromatic N) is 2. The molecular weight excluding hydrogens is 324 g/mol. The Hall–Kier alpha value is -3.01. The summed E-state index contributed by atoms with van der Waals surface area (Å²) in [6.45, 7) is 5.38. The minimum atomic E-state index is 0.00669. The lowest BCUT2D eigenvalue weighted by atomic mass is 10.1. The molecule has 4 heteroatoms. The lowest BCUT2D eigenvalue weighted by Gasteiger charge is -2.19. The molecule has 0 saturated heterocycles. The molecule has 1 aromatic heterocycles. The summed E-state index contributed by atoms with van der Waals surface area (Å²) in [5.74, 6) is 0.825. The predicted octanol–water partition coefficient (Wildman–Crippen LogP) is 5.13. The fraction of sp³-hybridized carbons (Fsp3) is 0.227. The number of methoxy groups -OCH3 is 1. The summed E-state index contributed by atoms with van der Waals surface area (Å²) in [7, 11) is 1.66. The molecule has 134 valence electrons. The minimum absolute atomic E-state index is 0.00669. The molecule has 0 radical (unpaired) electrons. The van der Waals surface area contributed by atoms with Crippen LogP contribution in [0.4, 0.5) is 4.79 Å². The van der Waals surface area contributed by atoms with Crippen LogP contribution in [0.5, 0.6) is 5.75 Å². The Morgan fingerprint density at radius 1 is 1.08 bits per heavy atom. The lowest BCUT2D eigenvalue weighted by Crippen LogP contribution is -2.33. The van der Waals surface area contributed by atoms with Crippen LogP contribution in [-0.2, 0) is 0 Å². The normalized spacial score (nSPS) is 11.2. The number of carbonyl (C=O) groups excluding carboxylic acids is 1. The summed E-state index contributed by atoms with van der Waals surface area (Å²) < 4.78 is 7.02. The van der Waals surface area contributed by atoms with Gasteiger partial charge in [0.2, 0.25) is 0 Å². The van der Waals surface area contributed by atoms with Crippen LogP contribution in [0, 0.1) is 0 Å². The summed E-state index contributed by atoms with van der Waals surface area (Å²) >= 11 is 0. The van der Waals surface area contributed by atoms with E-state index in [1.54, 1.807) is 11.7 Å². The minimum Gasteiger partial charge on any atom is -0.497 e. The smallest absolute Gasteiger partial charge is 0.328 e. The third kappa shape index (κ3) is 3.49. The van der Waals surface area contributed by atoms with Crippen LogP contribution in [0.1, 0.15) is 25.0 Å². The van der Waals surface area contributed by atoms with Gasteiger partial charge in [0, 0.05) is 30.2 Å². The molecule has 3 aromatic rings. The number of hydrogen-bond donors (Lipinski definition) is 0. The Kier molecular flexibility index (Phi) is 5.42. The number of rotatable bonds is 5. The monoisotopic (exact) mass is 348 g/mol. The van der Waals surface area contributed by atoms with Gasteiger partial charge >= 0.3 is 6.03 Å². The fourth-order valence-electron chi connectivity index (χ4n) is 3.07. The van der Waals surface area contributed by atoms with Crippen molar-refractivity contribution in [1.82, 2.24) is 9.47 Å². The highest BCUT2D eigenvalue weighted by Gasteiger charge is 2.16. The number of ether oxygens (including phenoxy) is 1. The molecule has 0 N–H and O–H groups in total. The van der Waals surface area contributed by atoms with Gasteiger partial charge in [0.1, 0.15) is 5.75 Å². The van der Waals surface area contributed by atoms with Crippen molar-refractivity contribution >= 4 is 29.1 Å². The Morgan fingerprint density at radius 3 is 2.58 bits per heavy atom. The number of carbonyl (C=O) groups is 1. The summed E-state index contributed by atoms with van der Waals surface area (Å²) in [5.41, 5.74) is 3.00. The van der Waals surface area contributed by atoms with Crippen molar-refractivity contribution in [3.63, 3.8) is 0 Å². The molecule has 0 spiro atoms. The maximum atomic E-state index is 12.8. The molecule has 0 aliphatic rings. The average molecular weight is 348 g/mol. The molecule has 0 saturated carbocycles. The van der Waals surface area contributed by atoms with Crippen LogP contribution in [0.15, 0.2) is 54.7 Å². The predicted molar refractivity (Wildman–Crippen MR) is 108 cm³/mol. The maximum absolute atomic E-state index is 12.8. The fourth-order valence-corrected chi connectivity index (χ4v) is 3.07. The average Bonchev–Trinajstić information content (AvgIpc) is 3.06. The van der Waals surface area contributed by atoms with E-state index in [-0.39, 0.29) is 6.03 Å². The van der Waals surface area contributed by atoms with Gasteiger partial charge in [-0.15, -0.1) is 0 Å². The van der Waals surface area contributed by atoms with Crippen LogP contribution in [0.25, 0.3) is 23.1 Å². The second kappa shape index (κ2) is 7.91. The van der Waals surface area contributed by atoms with Crippen LogP contribution >= 0.6 is 0 Å². The van der Waals surface area contributed by atoms with Gasteiger partial charge in [0.05, 0.1) is 12.6 Å². The molecular formula is C22H24N2O2. The van der Waals surface area contributed by atoms with Crippen molar-refractivity contribution in [3.8, 4) is 5.75 Å². The number of fused-ring (bicyclic) bond motifs is 1. The number of hydrogen-bond acceptors (Lipinski definition) is 2. The Balaban J connectivity index is 2.01. The van der Waals surface area contributed by atoms with Crippen molar-refractivity contribution in [2.45, 2.75) is 13.8 Å². The van der Waals surface area contributed by atoms with Gasteiger partial charge in [-0.05, 0) is 37.6 Å². The molecule has 0 aliphatic heterocycles. The molecule has 0 unspecified atom stereocenters. The van der Waals surface area contributed by atoms with Crippen LogP contribution in [0.2, 0.25) is 0 Å². The van der Waals surface area contributed by atoms with E-state index in [0.29, 0.717) is 13.1 Å². The van der Waals surface area contributed by atoms with Crippen molar-refractivity contribution < 1.29 is 9.53 Å². The summed E-state index contributed by atoms with van der Waals surface area (Å²) in [6, 6.07) is 15.9. The van der Waals surface area contributed by atoms with E-state index in [2.05, 4.69) is 0 Å². The molecule has 4 nitrogen and oxygen atoms in total. The third-order valence-corrected chi connectivity index (χ3v) is 4.53. The third-order valence-electron chi connectivity index (χ3n) is 4.53. The molecule has 0 aliphatic carbocycles. The number of aromatic nitrogens is 1. The van der Waals surface area contributed by atoms with Crippen LogP contribution in [0.3, 0.4) is 0 Å². The molecule has 0 fully saturated rings. The first-order valence-corrected chi connectivity index (χ1v) is 8.89. The van der Waals surface area contributed by atoms with Gasteiger partial charge in [-0.3, -0.25) is 4.57 Å². The highest BCUT2D eigenvalue weighted by molar-refractivity contribution is 5.98. The van der Waals surface area contributed by atoms with Crippen molar-refractivity contribution in [2.24, 2.45) is 0 Å². The first-order chi connectivity index (χ1) is 12.7. The van der Waals surface area contributed by atoms with E-state index in [0.717, 1.165) is 27.8 Å². The zero-order chi connectivity index (χ0) is 18.5. The molecule has 0 atom stereocenters. The lowest BCUT2D eigenvalue weighted by molar-refractivity contribution is 0.206. The van der Waals surface area contributed by atoms with Gasteiger partial charge in [0.25, 0.3) is 0 Å². The quantitative estimate of drug-likeness (QED) is 0.640. The number of amides is 1. The topological polar surface area (TPSA) is 34.5 Å².